The van der Waals surface area contributed by atoms with Crippen LogP contribution in [-0.4, -0.2) is 9.13 Å². The van der Waals surface area contributed by atoms with Gasteiger partial charge in [0.1, 0.15) is 0 Å². The van der Waals surface area contributed by atoms with Gasteiger partial charge in [-0.05, 0) is 76.3 Å². The van der Waals surface area contributed by atoms with E-state index in [0.717, 1.165) is 0 Å². The average Bonchev–Trinajstić information content (AvgIpc) is 3.73. The summed E-state index contributed by atoms with van der Waals surface area (Å²) >= 11 is 0. The van der Waals surface area contributed by atoms with Crippen LogP contribution in [0.5, 0.6) is 0 Å². The van der Waals surface area contributed by atoms with E-state index >= 15 is 0 Å². The number of rotatable bonds is 3. The van der Waals surface area contributed by atoms with Gasteiger partial charge in [0.2, 0.25) is 0 Å². The molecule has 0 N–H and O–H groups in total. The van der Waals surface area contributed by atoms with E-state index in [1.807, 2.05) is 0 Å². The number of fused-ring (bicyclic) bond motifs is 9. The van der Waals surface area contributed by atoms with Crippen molar-refractivity contribution in [2.75, 3.05) is 0 Å². The molecule has 0 saturated carbocycles. The molecule has 0 spiro atoms. The Morgan fingerprint density at radius 1 is 0.333 bits per heavy atom. The van der Waals surface area contributed by atoms with Crippen molar-refractivity contribution in [1.82, 2.24) is 9.13 Å². The Morgan fingerprint density at radius 2 is 0.844 bits per heavy atom. The number of para-hydroxylation sites is 3. The third kappa shape index (κ3) is 3.39. The molecule has 210 valence electrons. The molecule has 1 aliphatic carbocycles. The number of aromatic nitrogens is 2. The Kier molecular flexibility index (Phi) is 5.09. The number of hydrogen-bond donors (Lipinski definition) is 0. The Balaban J connectivity index is 1.38. The summed E-state index contributed by atoms with van der Waals surface area (Å²) in [6.07, 6.45) is 0. The van der Waals surface area contributed by atoms with Crippen LogP contribution in [0.1, 0.15) is 22.6 Å². The fourth-order valence-corrected chi connectivity index (χ4v) is 8.00. The summed E-state index contributed by atoms with van der Waals surface area (Å²) in [5.74, 6) is 0.164. The molecule has 0 aliphatic heterocycles. The molecule has 45 heavy (non-hydrogen) atoms. The van der Waals surface area contributed by atoms with Gasteiger partial charge in [-0.25, -0.2) is 0 Å². The lowest BCUT2D eigenvalue weighted by Gasteiger charge is -2.16. The Hall–Kier alpha value is -5.86. The third-order valence-corrected chi connectivity index (χ3v) is 9.79. The maximum Gasteiger partial charge on any atom is 0.0562 e. The van der Waals surface area contributed by atoms with Crippen molar-refractivity contribution in [3.05, 3.63) is 180 Å². The Bertz CT molecular complexity index is 2540. The summed E-state index contributed by atoms with van der Waals surface area (Å²) in [6, 6.07) is 60.1. The van der Waals surface area contributed by atoms with Crippen LogP contribution in [0.15, 0.2) is 164 Å². The predicted octanol–water partition coefficient (Wildman–Crippen LogP) is 11.0. The van der Waals surface area contributed by atoms with Crippen LogP contribution in [0.2, 0.25) is 0 Å². The monoisotopic (exact) mass is 572 g/mol. The minimum atomic E-state index is 0.164. The van der Waals surface area contributed by atoms with E-state index in [0.29, 0.717) is 0 Å². The zero-order chi connectivity index (χ0) is 29.5. The van der Waals surface area contributed by atoms with Gasteiger partial charge in [0.25, 0.3) is 0 Å². The Labute approximate surface area is 261 Å². The first-order chi connectivity index (χ1) is 22.4. The van der Waals surface area contributed by atoms with Gasteiger partial charge in [-0.2, -0.15) is 0 Å². The van der Waals surface area contributed by atoms with Gasteiger partial charge in [0, 0.05) is 38.8 Å². The summed E-state index contributed by atoms with van der Waals surface area (Å²) in [6.45, 7) is 0. The molecule has 0 atom stereocenters. The minimum absolute atomic E-state index is 0.164. The zero-order valence-corrected chi connectivity index (χ0v) is 24.6. The molecule has 0 fully saturated rings. The highest BCUT2D eigenvalue weighted by Gasteiger charge is 2.32. The maximum absolute atomic E-state index is 2.47. The highest BCUT2D eigenvalue weighted by atomic mass is 15.0. The maximum atomic E-state index is 2.47. The molecule has 1 aliphatic rings. The van der Waals surface area contributed by atoms with Gasteiger partial charge in [-0.3, -0.25) is 0 Å². The molecule has 0 amide bonds. The molecule has 7 aromatic carbocycles. The molecule has 2 nitrogen and oxygen atoms in total. The van der Waals surface area contributed by atoms with E-state index < -0.39 is 0 Å². The molecule has 0 saturated heterocycles. The first-order valence-corrected chi connectivity index (χ1v) is 15.7. The van der Waals surface area contributed by atoms with Crippen LogP contribution in [0.25, 0.3) is 66.1 Å². The first kappa shape index (κ1) is 24.6. The standard InChI is InChI=1S/C43H28N2/c1-3-14-28(15-4-1)44-38-24-12-11-20-32(38)36-26-37-41(27-40(36)44)45(29-16-5-2-6-17-29)39-25-13-23-35(43(37)39)42-33-21-9-7-18-30(33)31-19-8-10-22-34(31)42/h1-27,42H. The highest BCUT2D eigenvalue weighted by Crippen LogP contribution is 2.51. The van der Waals surface area contributed by atoms with E-state index in [1.54, 1.807) is 0 Å². The highest BCUT2D eigenvalue weighted by molar-refractivity contribution is 6.20. The van der Waals surface area contributed by atoms with Crippen LogP contribution < -0.4 is 0 Å². The molecule has 0 unspecified atom stereocenters. The molecule has 10 rings (SSSR count). The second-order valence-electron chi connectivity index (χ2n) is 12.1. The molecule has 0 radical (unpaired) electrons. The zero-order valence-electron chi connectivity index (χ0n) is 24.6. The smallest absolute Gasteiger partial charge is 0.0562 e. The van der Waals surface area contributed by atoms with Crippen LogP contribution in [0.3, 0.4) is 0 Å². The summed E-state index contributed by atoms with van der Waals surface area (Å²) in [4.78, 5) is 0. The second kappa shape index (κ2) is 9.32. The van der Waals surface area contributed by atoms with E-state index in [1.165, 1.54) is 82.8 Å². The number of benzene rings is 7. The predicted molar refractivity (Wildman–Crippen MR) is 188 cm³/mol. The van der Waals surface area contributed by atoms with Crippen LogP contribution in [0, 0.1) is 0 Å². The van der Waals surface area contributed by atoms with E-state index in [4.69, 9.17) is 0 Å². The van der Waals surface area contributed by atoms with Gasteiger partial charge < -0.3 is 9.13 Å². The normalized spacial score (nSPS) is 12.8. The number of nitrogens with zero attached hydrogens (tertiary/aromatic N) is 2. The van der Waals surface area contributed by atoms with Crippen molar-refractivity contribution in [1.29, 1.82) is 0 Å². The lowest BCUT2D eigenvalue weighted by molar-refractivity contribution is 1.03. The Morgan fingerprint density at radius 3 is 1.53 bits per heavy atom. The number of hydrogen-bond acceptors (Lipinski definition) is 0. The van der Waals surface area contributed by atoms with Gasteiger partial charge in [0.05, 0.1) is 22.1 Å². The van der Waals surface area contributed by atoms with Crippen molar-refractivity contribution >= 4 is 43.6 Å². The molecular formula is C43H28N2. The van der Waals surface area contributed by atoms with Crippen molar-refractivity contribution in [2.45, 2.75) is 5.92 Å². The molecule has 2 heterocycles. The molecule has 2 heteroatoms. The fraction of sp³-hybridized carbons (Fsp3) is 0.0233. The molecule has 0 bridgehead atoms. The SMILES string of the molecule is c1ccc(-n2c3ccccc3c3cc4c5c(C6c7ccccc7-c7ccccc76)cccc5n(-c5ccccc5)c4cc32)cc1. The topological polar surface area (TPSA) is 9.86 Å². The first-order valence-electron chi connectivity index (χ1n) is 15.7. The van der Waals surface area contributed by atoms with E-state index in [9.17, 15) is 0 Å². The molecule has 2 aromatic heterocycles. The van der Waals surface area contributed by atoms with Crippen molar-refractivity contribution < 1.29 is 0 Å². The van der Waals surface area contributed by atoms with Crippen molar-refractivity contribution in [3.8, 4) is 22.5 Å². The van der Waals surface area contributed by atoms with Crippen LogP contribution in [-0.2, 0) is 0 Å². The quantitative estimate of drug-likeness (QED) is 0.199. The van der Waals surface area contributed by atoms with E-state index in [2.05, 4.69) is 173 Å². The van der Waals surface area contributed by atoms with Crippen LogP contribution in [0.4, 0.5) is 0 Å². The van der Waals surface area contributed by atoms with Crippen molar-refractivity contribution in [2.24, 2.45) is 0 Å². The molecule has 9 aromatic rings. The summed E-state index contributed by atoms with van der Waals surface area (Å²) in [5.41, 5.74) is 14.0. The fourth-order valence-electron chi connectivity index (χ4n) is 8.00. The lowest BCUT2D eigenvalue weighted by atomic mass is 9.86. The van der Waals surface area contributed by atoms with Crippen LogP contribution >= 0.6 is 0 Å². The summed E-state index contributed by atoms with van der Waals surface area (Å²) in [7, 11) is 0. The lowest BCUT2D eigenvalue weighted by Crippen LogP contribution is -2.00. The summed E-state index contributed by atoms with van der Waals surface area (Å²) in [5, 5.41) is 5.16. The van der Waals surface area contributed by atoms with Gasteiger partial charge in [-0.1, -0.05) is 115 Å². The van der Waals surface area contributed by atoms with Gasteiger partial charge in [0.15, 0.2) is 0 Å². The van der Waals surface area contributed by atoms with E-state index in [-0.39, 0.29) is 5.92 Å². The minimum Gasteiger partial charge on any atom is -0.309 e. The van der Waals surface area contributed by atoms with Crippen molar-refractivity contribution in [3.63, 3.8) is 0 Å². The van der Waals surface area contributed by atoms with Gasteiger partial charge >= 0.3 is 0 Å². The van der Waals surface area contributed by atoms with Gasteiger partial charge in [-0.15, -0.1) is 0 Å². The average molecular weight is 573 g/mol. The summed E-state index contributed by atoms with van der Waals surface area (Å²) < 4.78 is 4.88. The molecular weight excluding hydrogens is 544 g/mol. The third-order valence-electron chi connectivity index (χ3n) is 9.79. The largest absolute Gasteiger partial charge is 0.309 e. The second-order valence-corrected chi connectivity index (χ2v) is 12.1.